The molecule has 0 heterocycles. The summed E-state index contributed by atoms with van der Waals surface area (Å²) < 4.78 is 5.35. The summed E-state index contributed by atoms with van der Waals surface area (Å²) >= 11 is 0. The number of nitrogens with one attached hydrogen (secondary N) is 1. The molecule has 1 aromatic carbocycles. The Bertz CT molecular complexity index is 608. The van der Waals surface area contributed by atoms with E-state index in [1.54, 1.807) is 24.3 Å². The summed E-state index contributed by atoms with van der Waals surface area (Å²) in [7, 11) is 0. The number of carboxylic acids is 1. The zero-order valence-electron chi connectivity index (χ0n) is 12.4. The summed E-state index contributed by atoms with van der Waals surface area (Å²) in [6, 6.07) is 7.10. The van der Waals surface area contributed by atoms with Crippen LogP contribution in [-0.4, -0.2) is 23.6 Å². The minimum Gasteiger partial charge on any atom is -0.494 e. The fraction of sp³-hybridized carbons (Fsp3) is 0.412. The molecular formula is C17H19NO4. The quantitative estimate of drug-likeness (QED) is 0.820. The van der Waals surface area contributed by atoms with Crippen LogP contribution in [-0.2, 0) is 9.59 Å². The molecule has 1 fully saturated rings. The number of carboxylic acid groups (broad SMARTS) is 1. The molecule has 5 nitrogen and oxygen atoms in total. The van der Waals surface area contributed by atoms with Crippen molar-refractivity contribution in [2.24, 2.45) is 23.7 Å². The average Bonchev–Trinajstić information content (AvgIpc) is 3.10. The van der Waals surface area contributed by atoms with Gasteiger partial charge in [0.1, 0.15) is 5.75 Å². The number of ether oxygens (including phenoxy) is 1. The summed E-state index contributed by atoms with van der Waals surface area (Å²) in [4.78, 5) is 23.9. The smallest absolute Gasteiger partial charge is 0.307 e. The van der Waals surface area contributed by atoms with E-state index in [1.165, 1.54) is 0 Å². The van der Waals surface area contributed by atoms with Gasteiger partial charge >= 0.3 is 5.97 Å². The first-order chi connectivity index (χ1) is 10.6. The molecule has 0 radical (unpaired) electrons. The molecule has 0 aliphatic heterocycles. The number of amides is 1. The lowest BCUT2D eigenvalue weighted by Gasteiger charge is -2.23. The van der Waals surface area contributed by atoms with E-state index in [1.807, 2.05) is 19.1 Å². The van der Waals surface area contributed by atoms with Crippen LogP contribution in [0.3, 0.4) is 0 Å². The number of hydrogen-bond donors (Lipinski definition) is 2. The van der Waals surface area contributed by atoms with Gasteiger partial charge in [-0.05, 0) is 49.4 Å². The van der Waals surface area contributed by atoms with Crippen molar-refractivity contribution in [3.05, 3.63) is 36.4 Å². The van der Waals surface area contributed by atoms with E-state index in [0.717, 1.165) is 12.2 Å². The van der Waals surface area contributed by atoms with E-state index in [-0.39, 0.29) is 17.7 Å². The van der Waals surface area contributed by atoms with E-state index < -0.39 is 17.8 Å². The van der Waals surface area contributed by atoms with E-state index in [9.17, 15) is 14.7 Å². The number of fused-ring (bicyclic) bond motifs is 2. The van der Waals surface area contributed by atoms with Crippen molar-refractivity contribution in [3.63, 3.8) is 0 Å². The Balaban J connectivity index is 1.71. The second kappa shape index (κ2) is 5.83. The number of allylic oxidation sites excluding steroid dienone is 2. The second-order valence-corrected chi connectivity index (χ2v) is 5.78. The lowest BCUT2D eigenvalue weighted by molar-refractivity contribution is -0.146. The Morgan fingerprint density at radius 1 is 1.18 bits per heavy atom. The third-order valence-corrected chi connectivity index (χ3v) is 4.48. The van der Waals surface area contributed by atoms with Crippen molar-refractivity contribution in [1.29, 1.82) is 0 Å². The maximum absolute atomic E-state index is 12.5. The summed E-state index contributed by atoms with van der Waals surface area (Å²) in [6.45, 7) is 2.49. The van der Waals surface area contributed by atoms with Crippen molar-refractivity contribution in [2.45, 2.75) is 13.3 Å². The Morgan fingerprint density at radius 3 is 2.41 bits per heavy atom. The highest BCUT2D eigenvalue weighted by molar-refractivity contribution is 5.96. The minimum absolute atomic E-state index is 0.0152. The summed E-state index contributed by atoms with van der Waals surface area (Å²) in [5.74, 6) is -1.44. The van der Waals surface area contributed by atoms with Crippen LogP contribution in [0.25, 0.3) is 0 Å². The second-order valence-electron chi connectivity index (χ2n) is 5.78. The molecule has 1 amide bonds. The van der Waals surface area contributed by atoms with Gasteiger partial charge in [0, 0.05) is 5.69 Å². The van der Waals surface area contributed by atoms with Gasteiger partial charge in [-0.3, -0.25) is 9.59 Å². The van der Waals surface area contributed by atoms with Crippen LogP contribution >= 0.6 is 0 Å². The number of hydrogen-bond acceptors (Lipinski definition) is 3. The topological polar surface area (TPSA) is 75.6 Å². The van der Waals surface area contributed by atoms with Crippen molar-refractivity contribution < 1.29 is 19.4 Å². The molecule has 1 aromatic rings. The number of rotatable bonds is 5. The SMILES string of the molecule is CCOc1ccc(NC(=O)C2C3C=CC(C3)C2C(=O)O)cc1. The van der Waals surface area contributed by atoms with Crippen LogP contribution in [0.15, 0.2) is 36.4 Å². The first kappa shape index (κ1) is 14.6. The van der Waals surface area contributed by atoms with Crippen LogP contribution in [0.5, 0.6) is 5.75 Å². The maximum atomic E-state index is 12.5. The molecule has 5 heteroatoms. The van der Waals surface area contributed by atoms with Gasteiger partial charge in [0.2, 0.25) is 5.91 Å². The first-order valence-corrected chi connectivity index (χ1v) is 7.55. The maximum Gasteiger partial charge on any atom is 0.307 e. The Hall–Kier alpha value is -2.30. The summed E-state index contributed by atoms with van der Waals surface area (Å²) in [6.07, 6.45) is 4.68. The molecule has 116 valence electrons. The van der Waals surface area contributed by atoms with Gasteiger partial charge in [-0.15, -0.1) is 0 Å². The largest absolute Gasteiger partial charge is 0.494 e. The Kier molecular flexibility index (Phi) is 3.88. The predicted molar refractivity (Wildman–Crippen MR) is 81.6 cm³/mol. The van der Waals surface area contributed by atoms with Crippen LogP contribution in [0.2, 0.25) is 0 Å². The molecule has 2 aliphatic rings. The number of benzene rings is 1. The number of carbonyl (C=O) groups is 2. The van der Waals surface area contributed by atoms with Gasteiger partial charge in [0.25, 0.3) is 0 Å². The van der Waals surface area contributed by atoms with Gasteiger partial charge in [-0.1, -0.05) is 12.2 Å². The lowest BCUT2D eigenvalue weighted by Crippen LogP contribution is -2.36. The van der Waals surface area contributed by atoms with Gasteiger partial charge in [-0.25, -0.2) is 0 Å². The van der Waals surface area contributed by atoms with E-state index in [4.69, 9.17) is 4.74 Å². The molecule has 2 aliphatic carbocycles. The van der Waals surface area contributed by atoms with Gasteiger partial charge in [0.15, 0.2) is 0 Å². The third kappa shape index (κ3) is 2.58. The third-order valence-electron chi connectivity index (χ3n) is 4.48. The number of carbonyl (C=O) groups excluding carboxylic acids is 1. The molecule has 0 aromatic heterocycles. The van der Waals surface area contributed by atoms with E-state index in [0.29, 0.717) is 12.3 Å². The Labute approximate surface area is 129 Å². The summed E-state index contributed by atoms with van der Waals surface area (Å²) in [5, 5.41) is 12.2. The monoisotopic (exact) mass is 301 g/mol. The van der Waals surface area contributed by atoms with Crippen molar-refractivity contribution >= 4 is 17.6 Å². The van der Waals surface area contributed by atoms with Crippen molar-refractivity contribution in [2.75, 3.05) is 11.9 Å². The zero-order valence-corrected chi connectivity index (χ0v) is 12.4. The van der Waals surface area contributed by atoms with Gasteiger partial charge in [0.05, 0.1) is 18.4 Å². The summed E-state index contributed by atoms with van der Waals surface area (Å²) in [5.41, 5.74) is 0.657. The average molecular weight is 301 g/mol. The van der Waals surface area contributed by atoms with Crippen LogP contribution in [0.4, 0.5) is 5.69 Å². The number of anilines is 1. The molecule has 22 heavy (non-hydrogen) atoms. The van der Waals surface area contributed by atoms with E-state index >= 15 is 0 Å². The molecule has 2 N–H and O–H groups in total. The molecule has 2 bridgehead atoms. The van der Waals surface area contributed by atoms with Gasteiger partial charge < -0.3 is 15.2 Å². The molecule has 4 atom stereocenters. The minimum atomic E-state index is -0.885. The highest BCUT2D eigenvalue weighted by Gasteiger charge is 2.51. The first-order valence-electron chi connectivity index (χ1n) is 7.55. The van der Waals surface area contributed by atoms with Crippen LogP contribution in [0, 0.1) is 23.7 Å². The molecule has 1 saturated carbocycles. The predicted octanol–water partition coefficient (Wildman–Crippen LogP) is 2.55. The molecule has 3 rings (SSSR count). The highest BCUT2D eigenvalue weighted by Crippen LogP contribution is 2.48. The van der Waals surface area contributed by atoms with Crippen molar-refractivity contribution in [1.82, 2.24) is 0 Å². The standard InChI is InChI=1S/C17H19NO4/c1-2-22-13-7-5-12(6-8-13)18-16(19)14-10-3-4-11(9-10)15(14)17(20)21/h3-8,10-11,14-15H,2,9H2,1H3,(H,18,19)(H,20,21). The molecule has 0 saturated heterocycles. The lowest BCUT2D eigenvalue weighted by atomic mass is 9.82. The fourth-order valence-corrected chi connectivity index (χ4v) is 3.54. The highest BCUT2D eigenvalue weighted by atomic mass is 16.5. The molecule has 0 spiro atoms. The Morgan fingerprint density at radius 2 is 1.82 bits per heavy atom. The van der Waals surface area contributed by atoms with Crippen molar-refractivity contribution in [3.8, 4) is 5.75 Å². The molecular weight excluding hydrogens is 282 g/mol. The van der Waals surface area contributed by atoms with Gasteiger partial charge in [-0.2, -0.15) is 0 Å². The van der Waals surface area contributed by atoms with Crippen LogP contribution < -0.4 is 10.1 Å². The molecule has 4 unspecified atom stereocenters. The normalized spacial score (nSPS) is 28.6. The van der Waals surface area contributed by atoms with Crippen LogP contribution in [0.1, 0.15) is 13.3 Å². The number of aliphatic carboxylic acids is 1. The van der Waals surface area contributed by atoms with E-state index in [2.05, 4.69) is 5.32 Å². The zero-order chi connectivity index (χ0) is 15.7. The fourth-order valence-electron chi connectivity index (χ4n) is 3.54.